The molecule has 116 valence electrons. The van der Waals surface area contributed by atoms with E-state index in [1.54, 1.807) is 35.2 Å². The number of rotatable bonds is 6. The first-order valence-corrected chi connectivity index (χ1v) is 7.29. The van der Waals surface area contributed by atoms with E-state index >= 15 is 0 Å². The lowest BCUT2D eigenvalue weighted by Gasteiger charge is -2.21. The molecular weight excluding hydrogens is 284 g/mol. The maximum atomic E-state index is 13.5. The minimum absolute atomic E-state index is 0.0436. The van der Waals surface area contributed by atoms with E-state index in [4.69, 9.17) is 0 Å². The Morgan fingerprint density at radius 3 is 2.36 bits per heavy atom. The number of amides is 1. The molecule has 2 aromatic carbocycles. The van der Waals surface area contributed by atoms with E-state index in [-0.39, 0.29) is 17.5 Å². The molecule has 0 heterocycles. The van der Waals surface area contributed by atoms with Gasteiger partial charge in [-0.05, 0) is 42.2 Å². The fourth-order valence-corrected chi connectivity index (χ4v) is 2.32. The van der Waals surface area contributed by atoms with Gasteiger partial charge in [0, 0.05) is 20.0 Å². The quantitative estimate of drug-likeness (QED) is 0.791. The van der Waals surface area contributed by atoms with Crippen LogP contribution in [0.5, 0.6) is 0 Å². The maximum Gasteiger partial charge on any atom is 0.219 e. The van der Waals surface area contributed by atoms with E-state index < -0.39 is 0 Å². The summed E-state index contributed by atoms with van der Waals surface area (Å²) in [7, 11) is 0. The molecule has 2 rings (SSSR count). The van der Waals surface area contributed by atoms with Crippen molar-refractivity contribution in [1.82, 2.24) is 4.90 Å². The molecule has 0 unspecified atom stereocenters. The first-order valence-electron chi connectivity index (χ1n) is 7.29. The number of nitrogens with zero attached hydrogens (tertiary/aromatic N) is 1. The van der Waals surface area contributed by atoms with Crippen molar-refractivity contribution in [3.8, 4) is 0 Å². The van der Waals surface area contributed by atoms with Crippen molar-refractivity contribution in [2.75, 3.05) is 6.54 Å². The second kappa shape index (κ2) is 7.69. The first-order chi connectivity index (χ1) is 10.6. The summed E-state index contributed by atoms with van der Waals surface area (Å²) in [5.74, 6) is -0.550. The van der Waals surface area contributed by atoms with Gasteiger partial charge in [0.25, 0.3) is 0 Å². The molecule has 22 heavy (non-hydrogen) atoms. The number of halogens is 2. The summed E-state index contributed by atoms with van der Waals surface area (Å²) in [4.78, 5) is 13.4. The molecule has 0 aliphatic carbocycles. The van der Waals surface area contributed by atoms with E-state index in [9.17, 15) is 13.6 Å². The van der Waals surface area contributed by atoms with Gasteiger partial charge in [-0.15, -0.1) is 0 Å². The second-order valence-corrected chi connectivity index (χ2v) is 5.26. The van der Waals surface area contributed by atoms with E-state index in [0.29, 0.717) is 31.5 Å². The van der Waals surface area contributed by atoms with Gasteiger partial charge in [0.15, 0.2) is 0 Å². The molecule has 0 fully saturated rings. The minimum atomic E-state index is -0.294. The Balaban J connectivity index is 1.91. The molecule has 4 heteroatoms. The number of hydrogen-bond acceptors (Lipinski definition) is 1. The largest absolute Gasteiger partial charge is 0.339 e. The predicted molar refractivity (Wildman–Crippen MR) is 82.2 cm³/mol. The molecule has 0 bridgehead atoms. The van der Waals surface area contributed by atoms with Gasteiger partial charge in [0.1, 0.15) is 11.6 Å². The van der Waals surface area contributed by atoms with Gasteiger partial charge in [0.2, 0.25) is 5.91 Å². The summed E-state index contributed by atoms with van der Waals surface area (Å²) in [5, 5.41) is 0. The molecule has 0 radical (unpaired) electrons. The molecule has 0 N–H and O–H groups in total. The Morgan fingerprint density at radius 1 is 1.05 bits per heavy atom. The maximum absolute atomic E-state index is 13.5. The van der Waals surface area contributed by atoms with Crippen molar-refractivity contribution in [1.29, 1.82) is 0 Å². The molecule has 0 saturated carbocycles. The van der Waals surface area contributed by atoms with Gasteiger partial charge in [-0.2, -0.15) is 0 Å². The van der Waals surface area contributed by atoms with Crippen molar-refractivity contribution >= 4 is 5.91 Å². The van der Waals surface area contributed by atoms with Gasteiger partial charge in [-0.25, -0.2) is 8.78 Å². The lowest BCUT2D eigenvalue weighted by molar-refractivity contribution is -0.129. The normalized spacial score (nSPS) is 10.5. The average molecular weight is 303 g/mol. The smallest absolute Gasteiger partial charge is 0.219 e. The highest BCUT2D eigenvalue weighted by Gasteiger charge is 2.10. The van der Waals surface area contributed by atoms with Crippen LogP contribution in [0.3, 0.4) is 0 Å². The van der Waals surface area contributed by atoms with Crippen LogP contribution in [0.25, 0.3) is 0 Å². The molecular formula is C18H19F2NO. The van der Waals surface area contributed by atoms with E-state index in [1.807, 2.05) is 0 Å². The first kappa shape index (κ1) is 16.1. The van der Waals surface area contributed by atoms with Gasteiger partial charge in [-0.1, -0.05) is 30.3 Å². The van der Waals surface area contributed by atoms with Crippen LogP contribution in [-0.4, -0.2) is 17.4 Å². The predicted octanol–water partition coefficient (Wildman–Crippen LogP) is 3.95. The number of benzene rings is 2. The Bertz CT molecular complexity index is 625. The number of carbonyl (C=O) groups excluding carboxylic acids is 1. The third-order valence-electron chi connectivity index (χ3n) is 3.56. The molecule has 0 spiro atoms. The van der Waals surface area contributed by atoms with E-state index in [1.165, 1.54) is 25.1 Å². The highest BCUT2D eigenvalue weighted by Crippen LogP contribution is 2.11. The molecule has 2 aromatic rings. The molecule has 2 nitrogen and oxygen atoms in total. The van der Waals surface area contributed by atoms with Gasteiger partial charge >= 0.3 is 0 Å². The summed E-state index contributed by atoms with van der Waals surface area (Å²) >= 11 is 0. The lowest BCUT2D eigenvalue weighted by atomic mass is 10.1. The monoisotopic (exact) mass is 303 g/mol. The van der Waals surface area contributed by atoms with Crippen LogP contribution in [0.4, 0.5) is 8.78 Å². The highest BCUT2D eigenvalue weighted by atomic mass is 19.1. The average Bonchev–Trinajstić information content (AvgIpc) is 2.50. The van der Waals surface area contributed by atoms with Crippen molar-refractivity contribution < 1.29 is 13.6 Å². The Labute approximate surface area is 129 Å². The number of aryl methyl sites for hydroxylation is 1. The summed E-state index contributed by atoms with van der Waals surface area (Å²) in [6, 6.07) is 12.8. The van der Waals surface area contributed by atoms with Crippen LogP contribution >= 0.6 is 0 Å². The number of hydrogen-bond donors (Lipinski definition) is 0. The van der Waals surface area contributed by atoms with Crippen LogP contribution in [-0.2, 0) is 17.8 Å². The van der Waals surface area contributed by atoms with Crippen molar-refractivity contribution in [2.24, 2.45) is 0 Å². The number of carbonyl (C=O) groups is 1. The molecule has 0 atom stereocenters. The Morgan fingerprint density at radius 2 is 1.73 bits per heavy atom. The summed E-state index contributed by atoms with van der Waals surface area (Å²) in [6.45, 7) is 2.49. The van der Waals surface area contributed by atoms with Crippen LogP contribution in [0.2, 0.25) is 0 Å². The summed E-state index contributed by atoms with van der Waals surface area (Å²) in [5.41, 5.74) is 1.54. The van der Waals surface area contributed by atoms with Crippen LogP contribution in [0, 0.1) is 11.6 Å². The molecule has 0 saturated heterocycles. The fraction of sp³-hybridized carbons (Fsp3) is 0.278. The van der Waals surface area contributed by atoms with Crippen molar-refractivity contribution in [3.63, 3.8) is 0 Å². The lowest BCUT2D eigenvalue weighted by Crippen LogP contribution is -2.29. The molecule has 0 aliphatic rings. The fourth-order valence-electron chi connectivity index (χ4n) is 2.32. The van der Waals surface area contributed by atoms with Crippen LogP contribution < -0.4 is 0 Å². The zero-order chi connectivity index (χ0) is 15.9. The standard InChI is InChI=1S/C18H19F2NO/c1-14(22)21(13-15-8-10-17(19)11-9-15)12-4-6-16-5-2-3-7-18(16)20/h2-3,5,7-11H,4,6,12-13H2,1H3. The topological polar surface area (TPSA) is 20.3 Å². The zero-order valence-electron chi connectivity index (χ0n) is 12.6. The third-order valence-corrected chi connectivity index (χ3v) is 3.56. The van der Waals surface area contributed by atoms with Gasteiger partial charge in [0.05, 0.1) is 0 Å². The summed E-state index contributed by atoms with van der Waals surface area (Å²) < 4.78 is 26.4. The SMILES string of the molecule is CC(=O)N(CCCc1ccccc1F)Cc1ccc(F)cc1. The second-order valence-electron chi connectivity index (χ2n) is 5.26. The van der Waals surface area contributed by atoms with E-state index in [2.05, 4.69) is 0 Å². The zero-order valence-corrected chi connectivity index (χ0v) is 12.6. The molecule has 0 aliphatic heterocycles. The third kappa shape index (κ3) is 4.65. The Kier molecular flexibility index (Phi) is 5.64. The van der Waals surface area contributed by atoms with Gasteiger partial charge < -0.3 is 4.90 Å². The van der Waals surface area contributed by atoms with Crippen LogP contribution in [0.1, 0.15) is 24.5 Å². The molecule has 1 amide bonds. The Hall–Kier alpha value is -2.23. The minimum Gasteiger partial charge on any atom is -0.339 e. The highest BCUT2D eigenvalue weighted by molar-refractivity contribution is 5.73. The van der Waals surface area contributed by atoms with Crippen molar-refractivity contribution in [3.05, 3.63) is 71.3 Å². The van der Waals surface area contributed by atoms with Crippen molar-refractivity contribution in [2.45, 2.75) is 26.3 Å². The molecule has 0 aromatic heterocycles. The van der Waals surface area contributed by atoms with Crippen LogP contribution in [0.15, 0.2) is 48.5 Å². The van der Waals surface area contributed by atoms with E-state index in [0.717, 1.165) is 5.56 Å². The summed E-state index contributed by atoms with van der Waals surface area (Å²) in [6.07, 6.45) is 1.27. The van der Waals surface area contributed by atoms with Gasteiger partial charge in [-0.3, -0.25) is 4.79 Å².